The molecule has 0 unspecified atom stereocenters. The normalized spacial score (nSPS) is 11.5. The Bertz CT molecular complexity index is 827. The molecular formula is C16H14BrClN2O. The van der Waals surface area contributed by atoms with E-state index >= 15 is 0 Å². The van der Waals surface area contributed by atoms with Gasteiger partial charge in [0.1, 0.15) is 11.6 Å². The van der Waals surface area contributed by atoms with Gasteiger partial charge >= 0.3 is 0 Å². The van der Waals surface area contributed by atoms with E-state index < -0.39 is 0 Å². The summed E-state index contributed by atoms with van der Waals surface area (Å²) in [4.78, 5) is 4.66. The summed E-state index contributed by atoms with van der Waals surface area (Å²) in [6.45, 7) is 4.14. The first kappa shape index (κ1) is 14.4. The molecule has 108 valence electrons. The highest BCUT2D eigenvalue weighted by atomic mass is 79.9. The van der Waals surface area contributed by atoms with Crippen molar-refractivity contribution < 1.29 is 5.11 Å². The summed E-state index contributed by atoms with van der Waals surface area (Å²) >= 11 is 9.78. The van der Waals surface area contributed by atoms with Crippen LogP contribution in [0.5, 0.6) is 5.75 Å². The molecule has 2 aromatic carbocycles. The van der Waals surface area contributed by atoms with E-state index in [0.29, 0.717) is 16.4 Å². The maximum absolute atomic E-state index is 10.2. The van der Waals surface area contributed by atoms with Crippen molar-refractivity contribution in [2.75, 3.05) is 0 Å². The lowest BCUT2D eigenvalue weighted by Gasteiger charge is -2.14. The maximum atomic E-state index is 10.2. The van der Waals surface area contributed by atoms with Crippen LogP contribution in [0.3, 0.4) is 0 Å². The minimum Gasteiger partial charge on any atom is -0.507 e. The number of phenolic OH excluding ortho intramolecular Hbond substituents is 1. The summed E-state index contributed by atoms with van der Waals surface area (Å²) in [7, 11) is 0. The highest BCUT2D eigenvalue weighted by Gasteiger charge is 2.19. The summed E-state index contributed by atoms with van der Waals surface area (Å²) in [6.07, 6.45) is 0. The summed E-state index contributed by atoms with van der Waals surface area (Å²) in [6, 6.07) is 11.2. The first-order chi connectivity index (χ1) is 9.99. The van der Waals surface area contributed by atoms with Crippen LogP contribution in [0.2, 0.25) is 5.02 Å². The number of imidazole rings is 1. The van der Waals surface area contributed by atoms with Crippen LogP contribution in [0.4, 0.5) is 0 Å². The molecule has 0 atom stereocenters. The largest absolute Gasteiger partial charge is 0.507 e. The number of hydrogen-bond acceptors (Lipinski definition) is 2. The third-order valence-corrected chi connectivity index (χ3v) is 4.18. The quantitative estimate of drug-likeness (QED) is 0.659. The van der Waals surface area contributed by atoms with E-state index in [0.717, 1.165) is 15.5 Å². The molecule has 0 spiro atoms. The molecule has 1 aromatic heterocycles. The number of aromatic nitrogens is 2. The fourth-order valence-corrected chi connectivity index (χ4v) is 3.11. The molecule has 1 N–H and O–H groups in total. The van der Waals surface area contributed by atoms with E-state index in [4.69, 9.17) is 11.6 Å². The number of nitrogens with zero attached hydrogens (tertiary/aromatic N) is 2. The molecule has 0 amide bonds. The van der Waals surface area contributed by atoms with Gasteiger partial charge in [-0.15, -0.1) is 0 Å². The van der Waals surface area contributed by atoms with Crippen molar-refractivity contribution in [1.29, 1.82) is 0 Å². The van der Waals surface area contributed by atoms with E-state index in [9.17, 15) is 5.11 Å². The molecule has 0 saturated heterocycles. The van der Waals surface area contributed by atoms with Crippen LogP contribution < -0.4 is 0 Å². The van der Waals surface area contributed by atoms with Crippen molar-refractivity contribution in [3.05, 3.63) is 45.9 Å². The van der Waals surface area contributed by atoms with Crippen LogP contribution in [-0.2, 0) is 0 Å². The van der Waals surface area contributed by atoms with Gasteiger partial charge in [-0.05, 0) is 44.2 Å². The Balaban J connectivity index is 2.40. The molecule has 0 radical (unpaired) electrons. The predicted molar refractivity (Wildman–Crippen MR) is 89.9 cm³/mol. The first-order valence-electron chi connectivity index (χ1n) is 6.64. The van der Waals surface area contributed by atoms with Gasteiger partial charge in [-0.2, -0.15) is 0 Å². The fraction of sp³-hybridized carbons (Fsp3) is 0.188. The number of rotatable bonds is 2. The molecule has 0 bridgehead atoms. The highest BCUT2D eigenvalue weighted by Crippen LogP contribution is 2.37. The average Bonchev–Trinajstić information content (AvgIpc) is 2.82. The predicted octanol–water partition coefficient (Wildman–Crippen LogP) is 5.41. The Morgan fingerprint density at radius 2 is 2.00 bits per heavy atom. The third kappa shape index (κ3) is 2.43. The van der Waals surface area contributed by atoms with Gasteiger partial charge in [-0.3, -0.25) is 0 Å². The number of fused-ring (bicyclic) bond motifs is 1. The van der Waals surface area contributed by atoms with E-state index in [1.165, 1.54) is 0 Å². The summed E-state index contributed by atoms with van der Waals surface area (Å²) < 4.78 is 2.95. The van der Waals surface area contributed by atoms with Crippen molar-refractivity contribution in [2.45, 2.75) is 19.9 Å². The van der Waals surface area contributed by atoms with Gasteiger partial charge in [-0.1, -0.05) is 33.6 Å². The molecule has 5 heteroatoms. The number of para-hydroxylation sites is 1. The minimum atomic E-state index is 0.170. The number of phenols is 1. The SMILES string of the molecule is CC(C)n1c(-c2cc(Br)ccc2O)nc2cccc(Cl)c21. The molecule has 21 heavy (non-hydrogen) atoms. The van der Waals surface area contributed by atoms with Gasteiger partial charge in [0.25, 0.3) is 0 Å². The van der Waals surface area contributed by atoms with Crippen LogP contribution in [0.1, 0.15) is 19.9 Å². The summed E-state index contributed by atoms with van der Waals surface area (Å²) in [5.41, 5.74) is 2.40. The molecule has 0 fully saturated rings. The van der Waals surface area contributed by atoms with Crippen LogP contribution in [-0.4, -0.2) is 14.7 Å². The Morgan fingerprint density at radius 3 is 2.71 bits per heavy atom. The lowest BCUT2D eigenvalue weighted by molar-refractivity contribution is 0.476. The number of hydrogen-bond donors (Lipinski definition) is 1. The molecule has 0 aliphatic rings. The number of halogens is 2. The zero-order valence-electron chi connectivity index (χ0n) is 11.6. The third-order valence-electron chi connectivity index (χ3n) is 3.38. The van der Waals surface area contributed by atoms with Gasteiger partial charge in [0.05, 0.1) is 21.6 Å². The lowest BCUT2D eigenvalue weighted by atomic mass is 10.2. The van der Waals surface area contributed by atoms with Gasteiger partial charge in [0, 0.05) is 10.5 Å². The van der Waals surface area contributed by atoms with E-state index in [1.54, 1.807) is 12.1 Å². The zero-order valence-corrected chi connectivity index (χ0v) is 14.0. The maximum Gasteiger partial charge on any atom is 0.145 e. The summed E-state index contributed by atoms with van der Waals surface area (Å²) in [5.74, 6) is 0.915. The molecule has 3 aromatic rings. The van der Waals surface area contributed by atoms with Crippen molar-refractivity contribution in [3.63, 3.8) is 0 Å². The number of benzene rings is 2. The van der Waals surface area contributed by atoms with Crippen LogP contribution in [0.25, 0.3) is 22.4 Å². The summed E-state index contributed by atoms with van der Waals surface area (Å²) in [5, 5.41) is 10.8. The van der Waals surface area contributed by atoms with Crippen LogP contribution in [0, 0.1) is 0 Å². The minimum absolute atomic E-state index is 0.170. The van der Waals surface area contributed by atoms with Crippen molar-refractivity contribution >= 4 is 38.6 Å². The Hall–Kier alpha value is -1.52. The van der Waals surface area contributed by atoms with E-state index in [1.807, 2.05) is 24.3 Å². The molecule has 3 rings (SSSR count). The first-order valence-corrected chi connectivity index (χ1v) is 7.81. The van der Waals surface area contributed by atoms with Gasteiger partial charge in [-0.25, -0.2) is 4.98 Å². The standard InChI is InChI=1S/C16H14BrClN2O/c1-9(2)20-15-12(18)4-3-5-13(15)19-16(20)11-8-10(17)6-7-14(11)21/h3-9,21H,1-2H3. The highest BCUT2D eigenvalue weighted by molar-refractivity contribution is 9.10. The van der Waals surface area contributed by atoms with Crippen molar-refractivity contribution in [3.8, 4) is 17.1 Å². The second-order valence-electron chi connectivity index (χ2n) is 5.17. The van der Waals surface area contributed by atoms with E-state index in [2.05, 4.69) is 39.3 Å². The fourth-order valence-electron chi connectivity index (χ4n) is 2.49. The van der Waals surface area contributed by atoms with Crippen molar-refractivity contribution in [1.82, 2.24) is 9.55 Å². The van der Waals surface area contributed by atoms with Gasteiger partial charge in [0.2, 0.25) is 0 Å². The Morgan fingerprint density at radius 1 is 1.24 bits per heavy atom. The Kier molecular flexibility index (Phi) is 3.68. The molecular weight excluding hydrogens is 352 g/mol. The number of aromatic hydroxyl groups is 1. The van der Waals surface area contributed by atoms with E-state index in [-0.39, 0.29) is 11.8 Å². The molecule has 0 aliphatic carbocycles. The molecule has 3 nitrogen and oxygen atoms in total. The van der Waals surface area contributed by atoms with Gasteiger partial charge < -0.3 is 9.67 Å². The topological polar surface area (TPSA) is 38.0 Å². The van der Waals surface area contributed by atoms with Crippen molar-refractivity contribution in [2.24, 2.45) is 0 Å². The molecule has 0 saturated carbocycles. The molecule has 0 aliphatic heterocycles. The smallest absolute Gasteiger partial charge is 0.145 e. The van der Waals surface area contributed by atoms with Crippen LogP contribution >= 0.6 is 27.5 Å². The molecule has 1 heterocycles. The van der Waals surface area contributed by atoms with Crippen LogP contribution in [0.15, 0.2) is 40.9 Å². The Labute approximate surface area is 136 Å². The zero-order chi connectivity index (χ0) is 15.1. The monoisotopic (exact) mass is 364 g/mol. The average molecular weight is 366 g/mol. The van der Waals surface area contributed by atoms with Gasteiger partial charge in [0.15, 0.2) is 0 Å². The lowest BCUT2D eigenvalue weighted by Crippen LogP contribution is -2.03. The second kappa shape index (κ2) is 5.35. The second-order valence-corrected chi connectivity index (χ2v) is 6.49.